The Bertz CT molecular complexity index is 1180. The van der Waals surface area contributed by atoms with E-state index < -0.39 is 12.0 Å². The quantitative estimate of drug-likeness (QED) is 0.580. The van der Waals surface area contributed by atoms with Gasteiger partial charge in [0.15, 0.2) is 5.17 Å². The van der Waals surface area contributed by atoms with Gasteiger partial charge in [-0.25, -0.2) is 9.79 Å². The van der Waals surface area contributed by atoms with Gasteiger partial charge in [0.2, 0.25) is 5.91 Å². The number of thioether (sulfide) groups is 1. The van der Waals surface area contributed by atoms with Crippen molar-refractivity contribution in [2.75, 3.05) is 20.8 Å². The molecule has 0 radical (unpaired) electrons. The highest BCUT2D eigenvalue weighted by molar-refractivity contribution is 8.16. The predicted molar refractivity (Wildman–Crippen MR) is 131 cm³/mol. The van der Waals surface area contributed by atoms with Crippen LogP contribution in [0.5, 0.6) is 5.75 Å². The van der Waals surface area contributed by atoms with Crippen LogP contribution >= 0.6 is 11.8 Å². The third-order valence-electron chi connectivity index (χ3n) is 5.59. The SMILES string of the molecule is COC(=O)C1=C(C)N=C2SC=C(CC(=O)NCCc3ccccn3)N2C1c1cccc(OC)c1. The van der Waals surface area contributed by atoms with Crippen molar-refractivity contribution in [2.45, 2.75) is 25.8 Å². The highest BCUT2D eigenvalue weighted by Crippen LogP contribution is 2.45. The molecule has 1 aromatic heterocycles. The van der Waals surface area contributed by atoms with E-state index in [-0.39, 0.29) is 12.3 Å². The minimum Gasteiger partial charge on any atom is -0.497 e. The standard InChI is InChI=1S/C25H26N4O4S/c1-16-22(24(31)33-3)23(17-7-6-9-20(13-17)32-2)29-19(15-34-25(29)28-16)14-21(30)27-12-10-18-8-4-5-11-26-18/h4-9,11,13,15,23H,10,12,14H2,1-3H3,(H,27,30). The number of hydrogen-bond donors (Lipinski definition) is 1. The summed E-state index contributed by atoms with van der Waals surface area (Å²) in [5.41, 5.74) is 3.55. The number of benzene rings is 1. The van der Waals surface area contributed by atoms with Crippen LogP contribution in [0, 0.1) is 0 Å². The lowest BCUT2D eigenvalue weighted by Crippen LogP contribution is -2.38. The molecule has 1 amide bonds. The van der Waals surface area contributed by atoms with E-state index in [2.05, 4.69) is 15.3 Å². The Kier molecular flexibility index (Phi) is 7.32. The summed E-state index contributed by atoms with van der Waals surface area (Å²) in [6.07, 6.45) is 2.54. The Balaban J connectivity index is 1.56. The van der Waals surface area contributed by atoms with Crippen molar-refractivity contribution in [3.63, 3.8) is 0 Å². The van der Waals surface area contributed by atoms with Gasteiger partial charge in [-0.1, -0.05) is 30.0 Å². The number of allylic oxidation sites excluding steroid dienone is 1. The molecule has 0 fully saturated rings. The van der Waals surface area contributed by atoms with Gasteiger partial charge in [0, 0.05) is 30.6 Å². The highest BCUT2D eigenvalue weighted by Gasteiger charge is 2.41. The number of aliphatic imine (C=N–C) groups is 1. The van der Waals surface area contributed by atoms with E-state index in [4.69, 9.17) is 9.47 Å². The molecule has 1 N–H and O–H groups in total. The molecule has 2 aliphatic heterocycles. The molecule has 34 heavy (non-hydrogen) atoms. The Morgan fingerprint density at radius 1 is 1.18 bits per heavy atom. The summed E-state index contributed by atoms with van der Waals surface area (Å²) >= 11 is 1.44. The van der Waals surface area contributed by atoms with Crippen LogP contribution in [-0.2, 0) is 20.7 Å². The second-order valence-corrected chi connectivity index (χ2v) is 8.60. The molecule has 2 aromatic rings. The molecule has 1 aromatic carbocycles. The van der Waals surface area contributed by atoms with Crippen LogP contribution in [0.1, 0.15) is 30.6 Å². The molecule has 0 aliphatic carbocycles. The summed E-state index contributed by atoms with van der Waals surface area (Å²) in [6.45, 7) is 2.29. The van der Waals surface area contributed by atoms with Crippen LogP contribution < -0.4 is 10.1 Å². The van der Waals surface area contributed by atoms with E-state index in [0.717, 1.165) is 17.0 Å². The maximum atomic E-state index is 12.8. The molecule has 1 atom stereocenters. The van der Waals surface area contributed by atoms with E-state index in [0.29, 0.717) is 35.2 Å². The Labute approximate surface area is 202 Å². The van der Waals surface area contributed by atoms with Gasteiger partial charge < -0.3 is 19.7 Å². The fourth-order valence-electron chi connectivity index (χ4n) is 3.97. The summed E-state index contributed by atoms with van der Waals surface area (Å²) in [7, 11) is 2.95. The Morgan fingerprint density at radius 2 is 2.03 bits per heavy atom. The van der Waals surface area contributed by atoms with Crippen molar-refractivity contribution in [3.8, 4) is 5.75 Å². The van der Waals surface area contributed by atoms with E-state index in [1.165, 1.54) is 18.9 Å². The second kappa shape index (κ2) is 10.6. The number of fused-ring (bicyclic) bond motifs is 1. The average molecular weight is 479 g/mol. The third-order valence-corrected chi connectivity index (χ3v) is 6.48. The Hall–Kier alpha value is -3.59. The number of nitrogens with one attached hydrogen (secondary N) is 1. The molecule has 0 saturated carbocycles. The predicted octanol–water partition coefficient (Wildman–Crippen LogP) is 3.59. The number of rotatable bonds is 8. The van der Waals surface area contributed by atoms with Gasteiger partial charge >= 0.3 is 5.97 Å². The van der Waals surface area contributed by atoms with Crippen molar-refractivity contribution in [3.05, 3.63) is 82.3 Å². The van der Waals surface area contributed by atoms with Crippen LogP contribution in [-0.4, -0.2) is 47.7 Å². The molecular weight excluding hydrogens is 452 g/mol. The highest BCUT2D eigenvalue weighted by atomic mass is 32.2. The first-order valence-corrected chi connectivity index (χ1v) is 11.7. The van der Waals surface area contributed by atoms with Crippen LogP contribution in [0.4, 0.5) is 0 Å². The molecule has 176 valence electrons. The minimum atomic E-state index is -0.488. The second-order valence-electron chi connectivity index (χ2n) is 7.76. The number of pyridine rings is 1. The normalized spacial score (nSPS) is 17.0. The zero-order valence-electron chi connectivity index (χ0n) is 19.3. The van der Waals surface area contributed by atoms with E-state index in [9.17, 15) is 9.59 Å². The van der Waals surface area contributed by atoms with Crippen LogP contribution in [0.25, 0.3) is 0 Å². The number of ether oxygens (including phenoxy) is 2. The summed E-state index contributed by atoms with van der Waals surface area (Å²) < 4.78 is 10.5. The maximum absolute atomic E-state index is 12.8. The van der Waals surface area contributed by atoms with Crippen LogP contribution in [0.2, 0.25) is 0 Å². The zero-order valence-corrected chi connectivity index (χ0v) is 20.1. The monoisotopic (exact) mass is 478 g/mol. The van der Waals surface area contributed by atoms with Gasteiger partial charge in [-0.2, -0.15) is 0 Å². The fourth-order valence-corrected chi connectivity index (χ4v) is 4.93. The zero-order chi connectivity index (χ0) is 24.1. The first-order valence-electron chi connectivity index (χ1n) is 10.8. The molecule has 2 aliphatic rings. The first kappa shape index (κ1) is 23.6. The lowest BCUT2D eigenvalue weighted by atomic mass is 9.93. The molecule has 0 spiro atoms. The van der Waals surface area contributed by atoms with Crippen molar-refractivity contribution < 1.29 is 19.1 Å². The number of nitrogens with zero attached hydrogens (tertiary/aromatic N) is 3. The lowest BCUT2D eigenvalue weighted by molar-refractivity contribution is -0.136. The summed E-state index contributed by atoms with van der Waals surface area (Å²) in [5.74, 6) is 0.108. The molecule has 9 heteroatoms. The fraction of sp³-hybridized carbons (Fsp3) is 0.280. The maximum Gasteiger partial charge on any atom is 0.338 e. The number of amides is 1. The van der Waals surface area contributed by atoms with Gasteiger partial charge in [-0.15, -0.1) is 0 Å². The van der Waals surface area contributed by atoms with Crippen LogP contribution in [0.15, 0.2) is 76.0 Å². The number of amidine groups is 1. The first-order chi connectivity index (χ1) is 16.5. The average Bonchev–Trinajstić information content (AvgIpc) is 3.25. The number of esters is 1. The van der Waals surface area contributed by atoms with Crippen molar-refractivity contribution in [1.29, 1.82) is 0 Å². The number of methoxy groups -OCH3 is 2. The molecule has 4 rings (SSSR count). The largest absolute Gasteiger partial charge is 0.497 e. The summed E-state index contributed by atoms with van der Waals surface area (Å²) in [5, 5.41) is 5.59. The topological polar surface area (TPSA) is 93.1 Å². The molecular formula is C25H26N4O4S. The van der Waals surface area contributed by atoms with Crippen molar-refractivity contribution in [1.82, 2.24) is 15.2 Å². The van der Waals surface area contributed by atoms with E-state index >= 15 is 0 Å². The number of carbonyl (C=O) groups excluding carboxylic acids is 2. The number of carbonyl (C=O) groups is 2. The van der Waals surface area contributed by atoms with Crippen molar-refractivity contribution >= 4 is 28.8 Å². The number of hydrogen-bond acceptors (Lipinski definition) is 8. The summed E-state index contributed by atoms with van der Waals surface area (Å²) in [6, 6.07) is 12.8. The lowest BCUT2D eigenvalue weighted by Gasteiger charge is -2.36. The Morgan fingerprint density at radius 3 is 2.76 bits per heavy atom. The van der Waals surface area contributed by atoms with Crippen molar-refractivity contribution in [2.24, 2.45) is 4.99 Å². The molecule has 0 saturated heterocycles. The number of aromatic nitrogens is 1. The van der Waals surface area contributed by atoms with Gasteiger partial charge in [-0.05, 0) is 42.2 Å². The molecule has 8 nitrogen and oxygen atoms in total. The molecule has 3 heterocycles. The summed E-state index contributed by atoms with van der Waals surface area (Å²) in [4.78, 5) is 36.4. The van der Waals surface area contributed by atoms with Crippen LogP contribution in [0.3, 0.4) is 0 Å². The molecule has 1 unspecified atom stereocenters. The van der Waals surface area contributed by atoms with Gasteiger partial charge in [0.1, 0.15) is 5.75 Å². The van der Waals surface area contributed by atoms with Gasteiger partial charge in [0.25, 0.3) is 0 Å². The minimum absolute atomic E-state index is 0.112. The van der Waals surface area contributed by atoms with E-state index in [1.807, 2.05) is 52.8 Å². The smallest absolute Gasteiger partial charge is 0.338 e. The van der Waals surface area contributed by atoms with E-state index in [1.54, 1.807) is 20.2 Å². The third kappa shape index (κ3) is 4.99. The molecule has 0 bridgehead atoms. The van der Waals surface area contributed by atoms with Gasteiger partial charge in [0.05, 0.1) is 38.0 Å². The van der Waals surface area contributed by atoms with Gasteiger partial charge in [-0.3, -0.25) is 9.78 Å².